The first-order chi connectivity index (χ1) is 8.58. The minimum atomic E-state index is -0.582. The van der Waals surface area contributed by atoms with Gasteiger partial charge in [0.25, 0.3) is 11.1 Å². The predicted octanol–water partition coefficient (Wildman–Crippen LogP) is 2.36. The first-order valence-corrected chi connectivity index (χ1v) is 5.40. The second-order valence-electron chi connectivity index (χ2n) is 3.50. The van der Waals surface area contributed by atoms with Gasteiger partial charge in [-0.2, -0.15) is 4.73 Å². The van der Waals surface area contributed by atoms with Crippen molar-refractivity contribution in [2.24, 2.45) is 0 Å². The summed E-state index contributed by atoms with van der Waals surface area (Å²) < 4.78 is 13.7. The predicted molar refractivity (Wildman–Crippen MR) is 64.8 cm³/mol. The fourth-order valence-corrected chi connectivity index (χ4v) is 1.47. The molecule has 92 valence electrons. The van der Waals surface area contributed by atoms with E-state index in [2.05, 4.69) is 5.32 Å². The molecule has 0 saturated carbocycles. The standard InChI is InChI=1S/C12H8ClFN2O2/c13-11-6-5-8(7-16(11)18)12(17)15-10-4-2-1-3-9(10)14/h1-7H,(H,15,17). The van der Waals surface area contributed by atoms with Gasteiger partial charge < -0.3 is 10.5 Å². The van der Waals surface area contributed by atoms with Crippen LogP contribution in [0, 0.1) is 11.0 Å². The summed E-state index contributed by atoms with van der Waals surface area (Å²) in [6.07, 6.45) is 1.03. The quantitative estimate of drug-likeness (QED) is 0.515. The molecule has 0 aliphatic heterocycles. The molecule has 0 unspecified atom stereocenters. The number of aromatic nitrogens is 1. The number of amides is 1. The van der Waals surface area contributed by atoms with E-state index in [0.29, 0.717) is 4.73 Å². The second kappa shape index (κ2) is 5.01. The van der Waals surface area contributed by atoms with E-state index < -0.39 is 11.7 Å². The normalized spacial score (nSPS) is 10.1. The van der Waals surface area contributed by atoms with Crippen LogP contribution in [0.1, 0.15) is 10.4 Å². The molecule has 1 aromatic carbocycles. The maximum absolute atomic E-state index is 13.3. The lowest BCUT2D eigenvalue weighted by molar-refractivity contribution is -0.603. The number of nitrogens with one attached hydrogen (secondary N) is 1. The lowest BCUT2D eigenvalue weighted by atomic mass is 10.2. The van der Waals surface area contributed by atoms with Crippen molar-refractivity contribution < 1.29 is 13.9 Å². The van der Waals surface area contributed by atoms with Gasteiger partial charge in [0.05, 0.1) is 5.69 Å². The van der Waals surface area contributed by atoms with Crippen molar-refractivity contribution in [2.75, 3.05) is 5.32 Å². The van der Waals surface area contributed by atoms with E-state index in [9.17, 15) is 14.4 Å². The average molecular weight is 267 g/mol. The molecule has 2 rings (SSSR count). The molecule has 18 heavy (non-hydrogen) atoms. The fourth-order valence-electron chi connectivity index (χ4n) is 1.35. The average Bonchev–Trinajstić information content (AvgIpc) is 2.35. The largest absolute Gasteiger partial charge is 0.618 e. The van der Waals surface area contributed by atoms with Crippen LogP contribution in [-0.4, -0.2) is 5.91 Å². The number of hydrogen-bond donors (Lipinski definition) is 1. The van der Waals surface area contributed by atoms with E-state index in [1.165, 1.54) is 30.3 Å². The number of nitrogens with zero attached hydrogens (tertiary/aromatic N) is 1. The van der Waals surface area contributed by atoms with Crippen LogP contribution in [0.5, 0.6) is 0 Å². The molecule has 0 saturated heterocycles. The monoisotopic (exact) mass is 266 g/mol. The number of halogens is 2. The Labute approximate surface area is 107 Å². The van der Waals surface area contributed by atoms with E-state index in [0.717, 1.165) is 6.20 Å². The summed E-state index contributed by atoms with van der Waals surface area (Å²) in [5.41, 5.74) is 0.146. The Hall–Kier alpha value is -2.14. The zero-order valence-corrected chi connectivity index (χ0v) is 9.82. The van der Waals surface area contributed by atoms with E-state index in [1.807, 2.05) is 0 Å². The molecule has 2 aromatic rings. The van der Waals surface area contributed by atoms with Gasteiger partial charge >= 0.3 is 0 Å². The Kier molecular flexibility index (Phi) is 3.43. The van der Waals surface area contributed by atoms with E-state index in [-0.39, 0.29) is 16.4 Å². The maximum Gasteiger partial charge on any atom is 0.286 e. The van der Waals surface area contributed by atoms with Crippen molar-refractivity contribution in [2.45, 2.75) is 0 Å². The summed E-state index contributed by atoms with van der Waals surface area (Å²) in [7, 11) is 0. The molecule has 4 nitrogen and oxygen atoms in total. The third kappa shape index (κ3) is 2.57. The summed E-state index contributed by atoms with van der Waals surface area (Å²) in [6.45, 7) is 0. The number of hydrogen-bond acceptors (Lipinski definition) is 2. The number of pyridine rings is 1. The molecule has 0 bridgehead atoms. The van der Waals surface area contributed by atoms with Gasteiger partial charge in [0.15, 0.2) is 6.20 Å². The van der Waals surface area contributed by atoms with Crippen molar-refractivity contribution >= 4 is 23.2 Å². The molecule has 0 aliphatic carbocycles. The van der Waals surface area contributed by atoms with Crippen LogP contribution < -0.4 is 10.0 Å². The number of benzene rings is 1. The number of para-hydroxylation sites is 1. The van der Waals surface area contributed by atoms with Crippen molar-refractivity contribution in [1.29, 1.82) is 0 Å². The van der Waals surface area contributed by atoms with Crippen LogP contribution in [-0.2, 0) is 0 Å². The van der Waals surface area contributed by atoms with Gasteiger partial charge in [-0.3, -0.25) is 4.79 Å². The Morgan fingerprint density at radius 1 is 1.28 bits per heavy atom. The molecule has 0 atom stereocenters. The third-order valence-corrected chi connectivity index (χ3v) is 2.54. The molecule has 6 heteroatoms. The van der Waals surface area contributed by atoms with Crippen LogP contribution in [0.4, 0.5) is 10.1 Å². The highest BCUT2D eigenvalue weighted by Gasteiger charge is 2.13. The molecule has 0 aliphatic rings. The molecule has 0 spiro atoms. The fraction of sp³-hybridized carbons (Fsp3) is 0. The van der Waals surface area contributed by atoms with Crippen LogP contribution in [0.15, 0.2) is 42.6 Å². The Morgan fingerprint density at radius 2 is 2.00 bits per heavy atom. The maximum atomic E-state index is 13.3. The van der Waals surface area contributed by atoms with Gasteiger partial charge in [-0.15, -0.1) is 0 Å². The molecular formula is C12H8ClFN2O2. The first-order valence-electron chi connectivity index (χ1n) is 5.02. The summed E-state index contributed by atoms with van der Waals surface area (Å²) >= 11 is 5.53. The molecular weight excluding hydrogens is 259 g/mol. The lowest BCUT2D eigenvalue weighted by Crippen LogP contribution is -2.29. The van der Waals surface area contributed by atoms with Crippen molar-refractivity contribution in [3.05, 3.63) is 64.3 Å². The second-order valence-corrected chi connectivity index (χ2v) is 3.89. The van der Waals surface area contributed by atoms with Gasteiger partial charge in [0.1, 0.15) is 11.4 Å². The lowest BCUT2D eigenvalue weighted by Gasteiger charge is -2.06. The van der Waals surface area contributed by atoms with Gasteiger partial charge in [0, 0.05) is 6.07 Å². The van der Waals surface area contributed by atoms with Crippen LogP contribution in [0.2, 0.25) is 5.15 Å². The molecule has 0 radical (unpaired) electrons. The number of carbonyl (C=O) groups excluding carboxylic acids is 1. The smallest absolute Gasteiger partial charge is 0.286 e. The van der Waals surface area contributed by atoms with E-state index >= 15 is 0 Å². The van der Waals surface area contributed by atoms with Gasteiger partial charge in [-0.25, -0.2) is 4.39 Å². The van der Waals surface area contributed by atoms with Gasteiger partial charge in [-0.1, -0.05) is 12.1 Å². The minimum Gasteiger partial charge on any atom is -0.618 e. The van der Waals surface area contributed by atoms with Crippen molar-refractivity contribution in [1.82, 2.24) is 0 Å². The highest BCUT2D eigenvalue weighted by Crippen LogP contribution is 2.14. The molecule has 1 aromatic heterocycles. The zero-order valence-electron chi connectivity index (χ0n) is 9.06. The first kappa shape index (κ1) is 12.3. The molecule has 1 amide bonds. The van der Waals surface area contributed by atoms with E-state index in [1.54, 1.807) is 6.07 Å². The summed E-state index contributed by atoms with van der Waals surface area (Å²) in [5.74, 6) is -1.13. The van der Waals surface area contributed by atoms with Gasteiger partial charge in [0.2, 0.25) is 0 Å². The van der Waals surface area contributed by atoms with Crippen molar-refractivity contribution in [3.63, 3.8) is 0 Å². The Balaban J connectivity index is 2.22. The number of carbonyl (C=O) groups is 1. The van der Waals surface area contributed by atoms with E-state index in [4.69, 9.17) is 11.6 Å². The van der Waals surface area contributed by atoms with Crippen LogP contribution in [0.25, 0.3) is 0 Å². The molecule has 1 heterocycles. The highest BCUT2D eigenvalue weighted by molar-refractivity contribution is 6.28. The van der Waals surface area contributed by atoms with Gasteiger partial charge in [-0.05, 0) is 29.8 Å². The SMILES string of the molecule is O=C(Nc1ccccc1F)c1ccc(Cl)[n+]([O-])c1. The van der Waals surface area contributed by atoms with Crippen molar-refractivity contribution in [3.8, 4) is 0 Å². The summed E-state index contributed by atoms with van der Waals surface area (Å²) in [4.78, 5) is 11.8. The Bertz CT molecular complexity index is 604. The highest BCUT2D eigenvalue weighted by atomic mass is 35.5. The minimum absolute atomic E-state index is 0.0440. The molecule has 0 fully saturated rings. The Morgan fingerprint density at radius 3 is 2.67 bits per heavy atom. The summed E-state index contributed by atoms with van der Waals surface area (Å²) in [5, 5.41) is 13.5. The van der Waals surface area contributed by atoms with Crippen LogP contribution >= 0.6 is 11.6 Å². The number of anilines is 1. The third-order valence-electron chi connectivity index (χ3n) is 2.25. The summed E-state index contributed by atoms with van der Waals surface area (Å²) in [6, 6.07) is 8.44. The molecule has 1 N–H and O–H groups in total. The van der Waals surface area contributed by atoms with Crippen LogP contribution in [0.3, 0.4) is 0 Å². The topological polar surface area (TPSA) is 56.0 Å². The number of rotatable bonds is 2. The zero-order chi connectivity index (χ0) is 13.1.